The van der Waals surface area contributed by atoms with Crippen LogP contribution in [0.15, 0.2) is 15.7 Å². The Balaban J connectivity index is 2.22. The Morgan fingerprint density at radius 2 is 2.21 bits per heavy atom. The van der Waals surface area contributed by atoms with Gasteiger partial charge in [-0.25, -0.2) is 13.6 Å². The molecule has 1 fully saturated rings. The van der Waals surface area contributed by atoms with E-state index in [4.69, 9.17) is 5.14 Å². The number of hydrogen-bond acceptors (Lipinski definition) is 5. The maximum atomic E-state index is 12.4. The molecule has 19 heavy (non-hydrogen) atoms. The van der Waals surface area contributed by atoms with Gasteiger partial charge in [0.15, 0.2) is 0 Å². The summed E-state index contributed by atoms with van der Waals surface area (Å²) in [6.07, 6.45) is 0. The Bertz CT molecular complexity index is 582. The first kappa shape index (κ1) is 14.4. The number of piperazine rings is 1. The Labute approximate surface area is 116 Å². The summed E-state index contributed by atoms with van der Waals surface area (Å²) in [5.41, 5.74) is 0.384. The number of sulfonamides is 1. The molecule has 106 valence electrons. The number of nitrogens with two attached hydrogens (primary N) is 1. The fourth-order valence-corrected chi connectivity index (χ4v) is 3.67. The number of primary sulfonamides is 1. The van der Waals surface area contributed by atoms with Crippen molar-refractivity contribution in [2.45, 2.75) is 30.1 Å². The van der Waals surface area contributed by atoms with Crippen LogP contribution in [0.25, 0.3) is 0 Å². The van der Waals surface area contributed by atoms with Crippen LogP contribution >= 0.6 is 11.3 Å². The second kappa shape index (κ2) is 5.20. The minimum absolute atomic E-state index is 0.0201. The first-order valence-corrected chi connectivity index (χ1v) is 8.39. The first-order valence-electron chi connectivity index (χ1n) is 5.96. The van der Waals surface area contributed by atoms with Gasteiger partial charge in [0.25, 0.3) is 5.91 Å². The number of carbonyl (C=O) groups excluding carboxylic acids is 1. The topological polar surface area (TPSA) is 92.5 Å². The van der Waals surface area contributed by atoms with Crippen molar-refractivity contribution >= 4 is 27.3 Å². The highest BCUT2D eigenvalue weighted by atomic mass is 32.2. The third-order valence-corrected chi connectivity index (χ3v) is 5.78. The molecule has 1 aromatic rings. The summed E-state index contributed by atoms with van der Waals surface area (Å²) in [7, 11) is -3.74. The smallest absolute Gasteiger partial charge is 0.255 e. The van der Waals surface area contributed by atoms with Crippen molar-refractivity contribution in [3.63, 3.8) is 0 Å². The van der Waals surface area contributed by atoms with E-state index in [9.17, 15) is 13.2 Å². The predicted molar refractivity (Wildman–Crippen MR) is 73.7 cm³/mol. The molecule has 0 radical (unpaired) electrons. The third kappa shape index (κ3) is 2.97. The van der Waals surface area contributed by atoms with Gasteiger partial charge in [-0.3, -0.25) is 4.79 Å². The molecule has 2 atom stereocenters. The molecule has 1 aromatic heterocycles. The lowest BCUT2D eigenvalue weighted by molar-refractivity contribution is 0.0603. The highest BCUT2D eigenvalue weighted by Crippen LogP contribution is 2.22. The summed E-state index contributed by atoms with van der Waals surface area (Å²) >= 11 is 0.975. The summed E-state index contributed by atoms with van der Waals surface area (Å²) in [5.74, 6) is -0.146. The Morgan fingerprint density at radius 1 is 1.53 bits per heavy atom. The molecule has 8 heteroatoms. The van der Waals surface area contributed by atoms with Gasteiger partial charge in [-0.1, -0.05) is 0 Å². The maximum Gasteiger partial charge on any atom is 0.255 e. The van der Waals surface area contributed by atoms with Gasteiger partial charge in [-0.2, -0.15) is 0 Å². The summed E-state index contributed by atoms with van der Waals surface area (Å²) < 4.78 is 22.4. The Hall–Kier alpha value is -0.960. The monoisotopic (exact) mass is 303 g/mol. The average molecular weight is 303 g/mol. The molecule has 3 N–H and O–H groups in total. The van der Waals surface area contributed by atoms with Crippen molar-refractivity contribution in [1.82, 2.24) is 10.2 Å². The molecule has 0 spiro atoms. The van der Waals surface area contributed by atoms with E-state index in [-0.39, 0.29) is 22.2 Å². The van der Waals surface area contributed by atoms with E-state index in [1.165, 1.54) is 6.07 Å². The molecular formula is C11H17N3O3S2. The number of amides is 1. The summed E-state index contributed by atoms with van der Waals surface area (Å²) in [5, 5.41) is 9.88. The van der Waals surface area contributed by atoms with Crippen molar-refractivity contribution in [3.05, 3.63) is 17.0 Å². The molecule has 1 aliphatic rings. The van der Waals surface area contributed by atoms with Crippen LogP contribution in [0.5, 0.6) is 0 Å². The van der Waals surface area contributed by atoms with Crippen molar-refractivity contribution in [3.8, 4) is 0 Å². The summed E-state index contributed by atoms with van der Waals surface area (Å²) in [6, 6.07) is 1.63. The zero-order valence-corrected chi connectivity index (χ0v) is 12.4. The molecular weight excluding hydrogens is 286 g/mol. The number of hydrogen-bond donors (Lipinski definition) is 2. The SMILES string of the molecule is CC1NCCN(C(=O)c2csc(S(N)(=O)=O)c2)C1C. The fourth-order valence-electron chi connectivity index (χ4n) is 2.09. The van der Waals surface area contributed by atoms with E-state index in [0.29, 0.717) is 12.1 Å². The quantitative estimate of drug-likeness (QED) is 0.817. The molecule has 0 saturated carbocycles. The van der Waals surface area contributed by atoms with Gasteiger partial charge in [0, 0.05) is 30.6 Å². The van der Waals surface area contributed by atoms with Crippen molar-refractivity contribution in [2.24, 2.45) is 5.14 Å². The second-order valence-electron chi connectivity index (χ2n) is 4.68. The maximum absolute atomic E-state index is 12.4. The molecule has 0 bridgehead atoms. The molecule has 0 aromatic carbocycles. The van der Waals surface area contributed by atoms with E-state index in [2.05, 4.69) is 5.32 Å². The standard InChI is InChI=1S/C11H17N3O3S2/c1-7-8(2)14(4-3-13-7)11(15)9-5-10(18-6-9)19(12,16)17/h5-8,13H,3-4H2,1-2H3,(H2,12,16,17). The van der Waals surface area contributed by atoms with Crippen LogP contribution in [0.1, 0.15) is 24.2 Å². The van der Waals surface area contributed by atoms with Gasteiger partial charge in [0.1, 0.15) is 4.21 Å². The minimum atomic E-state index is -3.74. The molecule has 1 aliphatic heterocycles. The zero-order valence-electron chi connectivity index (χ0n) is 10.8. The zero-order chi connectivity index (χ0) is 14.2. The van der Waals surface area contributed by atoms with Gasteiger partial charge < -0.3 is 10.2 Å². The van der Waals surface area contributed by atoms with Crippen LogP contribution in [0, 0.1) is 0 Å². The Kier molecular flexibility index (Phi) is 3.95. The van der Waals surface area contributed by atoms with Gasteiger partial charge in [0.05, 0.1) is 5.56 Å². The molecule has 1 amide bonds. The van der Waals surface area contributed by atoms with Crippen molar-refractivity contribution < 1.29 is 13.2 Å². The average Bonchev–Trinajstić information content (AvgIpc) is 2.81. The van der Waals surface area contributed by atoms with E-state index >= 15 is 0 Å². The van der Waals surface area contributed by atoms with E-state index in [1.54, 1.807) is 10.3 Å². The summed E-state index contributed by atoms with van der Waals surface area (Å²) in [4.78, 5) is 14.1. The Morgan fingerprint density at radius 3 is 2.79 bits per heavy atom. The number of carbonyl (C=O) groups is 1. The molecule has 6 nitrogen and oxygen atoms in total. The van der Waals surface area contributed by atoms with Crippen LogP contribution in [0.3, 0.4) is 0 Å². The van der Waals surface area contributed by atoms with E-state index < -0.39 is 10.0 Å². The van der Waals surface area contributed by atoms with E-state index in [1.807, 2.05) is 13.8 Å². The van der Waals surface area contributed by atoms with Gasteiger partial charge in [-0.15, -0.1) is 11.3 Å². The summed E-state index contributed by atoms with van der Waals surface area (Å²) in [6.45, 7) is 5.35. The van der Waals surface area contributed by atoms with Gasteiger partial charge >= 0.3 is 0 Å². The van der Waals surface area contributed by atoms with Crippen LogP contribution in [-0.4, -0.2) is 44.4 Å². The number of nitrogens with one attached hydrogen (secondary N) is 1. The van der Waals surface area contributed by atoms with Gasteiger partial charge in [-0.05, 0) is 19.9 Å². The first-order chi connectivity index (χ1) is 8.80. The number of thiophene rings is 1. The molecule has 2 heterocycles. The molecule has 0 aliphatic carbocycles. The number of rotatable bonds is 2. The van der Waals surface area contributed by atoms with Crippen molar-refractivity contribution in [1.29, 1.82) is 0 Å². The van der Waals surface area contributed by atoms with E-state index in [0.717, 1.165) is 17.9 Å². The lowest BCUT2D eigenvalue weighted by atomic mass is 10.1. The fraction of sp³-hybridized carbons (Fsp3) is 0.545. The minimum Gasteiger partial charge on any atom is -0.333 e. The van der Waals surface area contributed by atoms with Gasteiger partial charge in [0.2, 0.25) is 10.0 Å². The lowest BCUT2D eigenvalue weighted by Crippen LogP contribution is -2.57. The molecule has 2 rings (SSSR count). The van der Waals surface area contributed by atoms with Crippen molar-refractivity contribution in [2.75, 3.05) is 13.1 Å². The predicted octanol–water partition coefficient (Wildman–Crippen LogP) is 0.218. The lowest BCUT2D eigenvalue weighted by Gasteiger charge is -2.38. The largest absolute Gasteiger partial charge is 0.333 e. The van der Waals surface area contributed by atoms with Crippen LogP contribution in [0.2, 0.25) is 0 Å². The molecule has 1 saturated heterocycles. The normalized spacial score (nSPS) is 24.5. The second-order valence-corrected chi connectivity index (χ2v) is 7.38. The number of nitrogens with zero attached hydrogens (tertiary/aromatic N) is 1. The molecule has 2 unspecified atom stereocenters. The van der Waals surface area contributed by atoms with Crippen LogP contribution in [0.4, 0.5) is 0 Å². The highest BCUT2D eigenvalue weighted by Gasteiger charge is 2.29. The third-order valence-electron chi connectivity index (χ3n) is 3.40. The van der Waals surface area contributed by atoms with Crippen LogP contribution in [-0.2, 0) is 10.0 Å². The highest BCUT2D eigenvalue weighted by molar-refractivity contribution is 7.91. The van der Waals surface area contributed by atoms with Crippen LogP contribution < -0.4 is 10.5 Å².